The zero-order chi connectivity index (χ0) is 18.2. The highest BCUT2D eigenvalue weighted by Crippen LogP contribution is 2.30. The number of aromatic nitrogens is 3. The Morgan fingerprint density at radius 3 is 2.36 bits per heavy atom. The summed E-state index contributed by atoms with van der Waals surface area (Å²) >= 11 is 5.85. The van der Waals surface area contributed by atoms with Crippen molar-refractivity contribution in [3.63, 3.8) is 0 Å². The molecular formula is C15H8ClF3N4O2. The number of halogens is 4. The Balaban J connectivity index is 1.90. The quantitative estimate of drug-likeness (QED) is 0.503. The van der Waals surface area contributed by atoms with E-state index in [2.05, 4.69) is 10.1 Å². The van der Waals surface area contributed by atoms with E-state index in [1.807, 2.05) is 0 Å². The molecule has 0 fully saturated rings. The lowest BCUT2D eigenvalue weighted by atomic mass is 10.1. The summed E-state index contributed by atoms with van der Waals surface area (Å²) in [7, 11) is 0. The Labute approximate surface area is 143 Å². The summed E-state index contributed by atoms with van der Waals surface area (Å²) in [5.74, 6) is 0.211. The first-order chi connectivity index (χ1) is 11.8. The van der Waals surface area contributed by atoms with Crippen molar-refractivity contribution in [2.75, 3.05) is 0 Å². The highest BCUT2D eigenvalue weighted by Gasteiger charge is 2.30. The largest absolute Gasteiger partial charge is 0.416 e. The van der Waals surface area contributed by atoms with Crippen LogP contribution in [-0.4, -0.2) is 19.7 Å². The Morgan fingerprint density at radius 2 is 1.80 bits per heavy atom. The van der Waals surface area contributed by atoms with Crippen LogP contribution in [0.4, 0.5) is 18.9 Å². The minimum absolute atomic E-state index is 0.0610. The molecule has 0 atom stereocenters. The van der Waals surface area contributed by atoms with Crippen molar-refractivity contribution >= 4 is 17.3 Å². The summed E-state index contributed by atoms with van der Waals surface area (Å²) in [5, 5.41) is 14.9. The maximum Gasteiger partial charge on any atom is 0.416 e. The van der Waals surface area contributed by atoms with Gasteiger partial charge in [0.1, 0.15) is 11.3 Å². The minimum Gasteiger partial charge on any atom is -0.258 e. The summed E-state index contributed by atoms with van der Waals surface area (Å²) in [5.41, 5.74) is -0.174. The van der Waals surface area contributed by atoms with Crippen LogP contribution >= 0.6 is 11.6 Å². The maximum atomic E-state index is 12.6. The van der Waals surface area contributed by atoms with Crippen LogP contribution < -0.4 is 0 Å². The fourth-order valence-corrected chi connectivity index (χ4v) is 2.36. The summed E-state index contributed by atoms with van der Waals surface area (Å²) < 4.78 is 39.1. The SMILES string of the molecule is O=[N+]([O-])c1ccc(-n2cnc(-c3ccc(C(F)(F)F)cc3)n2)cc1Cl. The molecule has 0 bridgehead atoms. The molecule has 0 N–H and O–H groups in total. The smallest absolute Gasteiger partial charge is 0.258 e. The molecule has 0 aliphatic heterocycles. The van der Waals surface area contributed by atoms with Gasteiger partial charge < -0.3 is 0 Å². The Kier molecular flexibility index (Phi) is 4.17. The monoisotopic (exact) mass is 368 g/mol. The molecule has 0 unspecified atom stereocenters. The van der Waals surface area contributed by atoms with E-state index >= 15 is 0 Å². The van der Waals surface area contributed by atoms with Crippen LogP contribution in [0.15, 0.2) is 48.8 Å². The minimum atomic E-state index is -4.42. The van der Waals surface area contributed by atoms with Crippen molar-refractivity contribution in [3.05, 3.63) is 69.5 Å². The Hall–Kier alpha value is -2.94. The van der Waals surface area contributed by atoms with Crippen molar-refractivity contribution in [3.8, 4) is 17.1 Å². The molecule has 1 aromatic heterocycles. The van der Waals surface area contributed by atoms with E-state index in [4.69, 9.17) is 11.6 Å². The molecule has 25 heavy (non-hydrogen) atoms. The lowest BCUT2D eigenvalue weighted by molar-refractivity contribution is -0.384. The van der Waals surface area contributed by atoms with Crippen LogP contribution in [-0.2, 0) is 6.18 Å². The number of nitro benzene ring substituents is 1. The molecule has 10 heteroatoms. The predicted octanol–water partition coefficient (Wildman–Crippen LogP) is 4.51. The molecule has 0 spiro atoms. The van der Waals surface area contributed by atoms with Crippen LogP contribution in [0.5, 0.6) is 0 Å². The summed E-state index contributed by atoms with van der Waals surface area (Å²) in [6, 6.07) is 8.45. The number of nitrogens with zero attached hydrogens (tertiary/aromatic N) is 4. The lowest BCUT2D eigenvalue weighted by Crippen LogP contribution is -2.04. The summed E-state index contributed by atoms with van der Waals surface area (Å²) in [6.45, 7) is 0. The van der Waals surface area contributed by atoms with Gasteiger partial charge in [0.05, 0.1) is 16.2 Å². The average Bonchev–Trinajstić information content (AvgIpc) is 3.03. The molecular weight excluding hydrogens is 361 g/mol. The van der Waals surface area contributed by atoms with E-state index in [0.29, 0.717) is 11.3 Å². The van der Waals surface area contributed by atoms with Crippen LogP contribution in [0.3, 0.4) is 0 Å². The van der Waals surface area contributed by atoms with Crippen molar-refractivity contribution in [2.24, 2.45) is 0 Å². The van der Waals surface area contributed by atoms with Crippen molar-refractivity contribution in [1.29, 1.82) is 0 Å². The fraction of sp³-hybridized carbons (Fsp3) is 0.0667. The molecule has 0 saturated heterocycles. The van der Waals surface area contributed by atoms with Gasteiger partial charge in [-0.25, -0.2) is 9.67 Å². The van der Waals surface area contributed by atoms with Gasteiger partial charge in [-0.15, -0.1) is 5.10 Å². The van der Waals surface area contributed by atoms with Gasteiger partial charge in [-0.2, -0.15) is 13.2 Å². The van der Waals surface area contributed by atoms with Crippen LogP contribution in [0, 0.1) is 10.1 Å². The van der Waals surface area contributed by atoms with Gasteiger partial charge in [-0.05, 0) is 24.3 Å². The number of hydrogen-bond acceptors (Lipinski definition) is 4. The zero-order valence-corrected chi connectivity index (χ0v) is 13.0. The zero-order valence-electron chi connectivity index (χ0n) is 12.2. The number of rotatable bonds is 3. The molecule has 3 rings (SSSR count). The topological polar surface area (TPSA) is 73.8 Å². The van der Waals surface area contributed by atoms with E-state index in [1.54, 1.807) is 0 Å². The van der Waals surface area contributed by atoms with E-state index < -0.39 is 16.7 Å². The number of hydrogen-bond donors (Lipinski definition) is 0. The third kappa shape index (κ3) is 3.45. The number of benzene rings is 2. The van der Waals surface area contributed by atoms with E-state index in [-0.39, 0.29) is 16.5 Å². The highest BCUT2D eigenvalue weighted by molar-refractivity contribution is 6.32. The highest BCUT2D eigenvalue weighted by atomic mass is 35.5. The molecule has 0 saturated carbocycles. The van der Waals surface area contributed by atoms with Crippen molar-refractivity contribution in [1.82, 2.24) is 14.8 Å². The van der Waals surface area contributed by atoms with Crippen molar-refractivity contribution in [2.45, 2.75) is 6.18 Å². The van der Waals surface area contributed by atoms with E-state index in [9.17, 15) is 23.3 Å². The van der Waals surface area contributed by atoms with E-state index in [0.717, 1.165) is 12.1 Å². The van der Waals surface area contributed by atoms with Gasteiger partial charge in [0, 0.05) is 11.6 Å². The van der Waals surface area contributed by atoms with Gasteiger partial charge in [-0.3, -0.25) is 10.1 Å². The lowest BCUT2D eigenvalue weighted by Gasteiger charge is -2.06. The number of nitro groups is 1. The second-order valence-electron chi connectivity index (χ2n) is 4.98. The summed E-state index contributed by atoms with van der Waals surface area (Å²) in [6.07, 6.45) is -3.08. The van der Waals surface area contributed by atoms with Gasteiger partial charge in [0.2, 0.25) is 0 Å². The average molecular weight is 369 g/mol. The maximum absolute atomic E-state index is 12.6. The van der Waals surface area contributed by atoms with Crippen molar-refractivity contribution < 1.29 is 18.1 Å². The van der Waals surface area contributed by atoms with Gasteiger partial charge in [0.15, 0.2) is 5.82 Å². The van der Waals surface area contributed by atoms with Gasteiger partial charge in [-0.1, -0.05) is 23.7 Å². The second-order valence-corrected chi connectivity index (χ2v) is 5.39. The summed E-state index contributed by atoms with van der Waals surface area (Å²) in [4.78, 5) is 14.2. The van der Waals surface area contributed by atoms with Gasteiger partial charge >= 0.3 is 6.18 Å². The molecule has 128 valence electrons. The molecule has 6 nitrogen and oxygen atoms in total. The van der Waals surface area contributed by atoms with Crippen LogP contribution in [0.1, 0.15) is 5.56 Å². The molecule has 0 aliphatic carbocycles. The fourth-order valence-electron chi connectivity index (χ4n) is 2.11. The first-order valence-electron chi connectivity index (χ1n) is 6.79. The third-order valence-electron chi connectivity index (χ3n) is 3.35. The molecule has 1 heterocycles. The molecule has 3 aromatic rings. The first kappa shape index (κ1) is 16.9. The molecule has 2 aromatic carbocycles. The predicted molar refractivity (Wildman–Crippen MR) is 83.5 cm³/mol. The molecule has 0 aliphatic rings. The van der Waals surface area contributed by atoms with Gasteiger partial charge in [0.25, 0.3) is 5.69 Å². The molecule has 0 amide bonds. The van der Waals surface area contributed by atoms with Crippen LogP contribution in [0.25, 0.3) is 17.1 Å². The number of alkyl halides is 3. The van der Waals surface area contributed by atoms with E-state index in [1.165, 1.54) is 41.3 Å². The normalized spacial score (nSPS) is 11.5. The Bertz CT molecular complexity index is 939. The Morgan fingerprint density at radius 1 is 1.12 bits per heavy atom. The first-order valence-corrected chi connectivity index (χ1v) is 7.17. The molecule has 0 radical (unpaired) electrons. The van der Waals surface area contributed by atoms with Crippen LogP contribution in [0.2, 0.25) is 5.02 Å². The standard InChI is InChI=1S/C15H8ClF3N4O2/c16-12-7-11(5-6-13(12)23(24)25)22-8-20-14(21-22)9-1-3-10(4-2-9)15(17,18)19/h1-8H. The second kappa shape index (κ2) is 6.17. The third-order valence-corrected chi connectivity index (χ3v) is 3.66.